The van der Waals surface area contributed by atoms with Gasteiger partial charge in [-0.2, -0.15) is 0 Å². The van der Waals surface area contributed by atoms with Crippen LogP contribution in [-0.2, 0) is 16.1 Å². The van der Waals surface area contributed by atoms with Gasteiger partial charge in [-0.05, 0) is 42.3 Å². The first kappa shape index (κ1) is 16.4. The van der Waals surface area contributed by atoms with Crippen LogP contribution >= 0.6 is 0 Å². The number of hydrogen-bond donors (Lipinski definition) is 1. The smallest absolute Gasteiger partial charge is 0.239 e. The molecule has 2 amide bonds. The molecule has 2 aliphatic rings. The first-order valence-corrected chi connectivity index (χ1v) is 8.35. The van der Waals surface area contributed by atoms with E-state index in [4.69, 9.17) is 9.47 Å². The number of carbonyl (C=O) groups is 2. The second kappa shape index (κ2) is 6.67. The van der Waals surface area contributed by atoms with E-state index in [-0.39, 0.29) is 18.6 Å². The molecule has 0 aromatic heterocycles. The van der Waals surface area contributed by atoms with E-state index in [1.165, 1.54) is 17.0 Å². The number of amides is 2. The summed E-state index contributed by atoms with van der Waals surface area (Å²) >= 11 is 0. The van der Waals surface area contributed by atoms with Gasteiger partial charge in [0.25, 0.3) is 0 Å². The molecule has 0 unspecified atom stereocenters. The Kier molecular flexibility index (Phi) is 4.20. The van der Waals surface area contributed by atoms with Crippen molar-refractivity contribution in [3.05, 3.63) is 53.8 Å². The Bertz CT molecular complexity index is 870. The van der Waals surface area contributed by atoms with E-state index in [0.29, 0.717) is 36.7 Å². The van der Waals surface area contributed by atoms with Crippen LogP contribution in [0.5, 0.6) is 11.5 Å². The van der Waals surface area contributed by atoms with E-state index >= 15 is 0 Å². The molecule has 134 valence electrons. The lowest BCUT2D eigenvalue weighted by molar-refractivity contribution is -0.132. The topological polar surface area (TPSA) is 67.9 Å². The molecular weight excluding hydrogens is 339 g/mol. The quantitative estimate of drug-likeness (QED) is 0.853. The van der Waals surface area contributed by atoms with Crippen LogP contribution in [0.4, 0.5) is 10.1 Å². The molecular formula is C19H17FN2O4. The highest BCUT2D eigenvalue weighted by atomic mass is 19.1. The molecule has 0 aliphatic carbocycles. The zero-order chi connectivity index (χ0) is 18.1. The van der Waals surface area contributed by atoms with Gasteiger partial charge in [-0.25, -0.2) is 4.39 Å². The van der Waals surface area contributed by atoms with Gasteiger partial charge in [-0.3, -0.25) is 9.59 Å². The SMILES string of the molecule is O=C(NCc1ccc2c(c1)OCO2)[C@@H]1CCN(c2cccc(F)c2)C1=O. The van der Waals surface area contributed by atoms with Gasteiger partial charge in [-0.15, -0.1) is 0 Å². The summed E-state index contributed by atoms with van der Waals surface area (Å²) in [5, 5.41) is 2.79. The fraction of sp³-hybridized carbons (Fsp3) is 0.263. The van der Waals surface area contributed by atoms with Gasteiger partial charge in [-0.1, -0.05) is 12.1 Å². The molecule has 2 aromatic rings. The highest BCUT2D eigenvalue weighted by Gasteiger charge is 2.37. The second-order valence-corrected chi connectivity index (χ2v) is 6.22. The van der Waals surface area contributed by atoms with Crippen LogP contribution in [0.15, 0.2) is 42.5 Å². The standard InChI is InChI=1S/C19H17FN2O4/c20-13-2-1-3-14(9-13)22-7-6-15(19(22)24)18(23)21-10-12-4-5-16-17(8-12)26-11-25-16/h1-5,8-9,15H,6-7,10-11H2,(H,21,23)/t15-/m0/s1. The Morgan fingerprint density at radius 2 is 2.04 bits per heavy atom. The maximum Gasteiger partial charge on any atom is 0.239 e. The van der Waals surface area contributed by atoms with E-state index in [2.05, 4.69) is 5.32 Å². The first-order chi connectivity index (χ1) is 12.6. The van der Waals surface area contributed by atoms with Crippen molar-refractivity contribution in [2.75, 3.05) is 18.2 Å². The molecule has 1 atom stereocenters. The molecule has 0 radical (unpaired) electrons. The van der Waals surface area contributed by atoms with Crippen molar-refractivity contribution < 1.29 is 23.5 Å². The number of carbonyl (C=O) groups excluding carboxylic acids is 2. The number of rotatable bonds is 4. The van der Waals surface area contributed by atoms with Crippen molar-refractivity contribution >= 4 is 17.5 Å². The van der Waals surface area contributed by atoms with Crippen molar-refractivity contribution in [3.8, 4) is 11.5 Å². The van der Waals surface area contributed by atoms with Crippen molar-refractivity contribution in [3.63, 3.8) is 0 Å². The Labute approximate surface area is 149 Å². The highest BCUT2D eigenvalue weighted by Crippen LogP contribution is 2.32. The highest BCUT2D eigenvalue weighted by molar-refractivity contribution is 6.09. The van der Waals surface area contributed by atoms with Crippen molar-refractivity contribution in [1.29, 1.82) is 0 Å². The Morgan fingerprint density at radius 3 is 2.88 bits per heavy atom. The summed E-state index contributed by atoms with van der Waals surface area (Å²) in [6.45, 7) is 0.876. The molecule has 4 rings (SSSR count). The molecule has 0 saturated carbocycles. The minimum atomic E-state index is -0.757. The average molecular weight is 356 g/mol. The lowest BCUT2D eigenvalue weighted by atomic mass is 10.1. The minimum absolute atomic E-state index is 0.192. The molecule has 1 N–H and O–H groups in total. The van der Waals surface area contributed by atoms with E-state index in [1.54, 1.807) is 24.3 Å². The lowest BCUT2D eigenvalue weighted by Crippen LogP contribution is -2.36. The fourth-order valence-corrected chi connectivity index (χ4v) is 3.19. The van der Waals surface area contributed by atoms with Crippen LogP contribution in [0.2, 0.25) is 0 Å². The van der Waals surface area contributed by atoms with Crippen LogP contribution < -0.4 is 19.7 Å². The predicted molar refractivity (Wildman–Crippen MR) is 91.3 cm³/mol. The number of benzene rings is 2. The number of fused-ring (bicyclic) bond motifs is 1. The lowest BCUT2D eigenvalue weighted by Gasteiger charge is -2.16. The molecule has 6 nitrogen and oxygen atoms in total. The van der Waals surface area contributed by atoms with Gasteiger partial charge >= 0.3 is 0 Å². The van der Waals surface area contributed by atoms with E-state index in [0.717, 1.165) is 5.56 Å². The number of nitrogens with one attached hydrogen (secondary N) is 1. The number of ether oxygens (including phenoxy) is 2. The molecule has 1 fully saturated rings. The summed E-state index contributed by atoms with van der Waals surface area (Å²) in [7, 11) is 0. The third kappa shape index (κ3) is 3.08. The summed E-state index contributed by atoms with van der Waals surface area (Å²) in [6, 6.07) is 11.3. The molecule has 0 bridgehead atoms. The molecule has 26 heavy (non-hydrogen) atoms. The van der Waals surface area contributed by atoms with Crippen molar-refractivity contribution in [2.45, 2.75) is 13.0 Å². The number of halogens is 1. The van der Waals surface area contributed by atoms with Crippen LogP contribution in [-0.4, -0.2) is 25.2 Å². The first-order valence-electron chi connectivity index (χ1n) is 8.35. The summed E-state index contributed by atoms with van der Waals surface area (Å²) in [4.78, 5) is 26.4. The molecule has 7 heteroatoms. The van der Waals surface area contributed by atoms with Crippen molar-refractivity contribution in [1.82, 2.24) is 5.32 Å². The molecule has 2 aromatic carbocycles. The van der Waals surface area contributed by atoms with Gasteiger partial charge in [0.15, 0.2) is 11.5 Å². The van der Waals surface area contributed by atoms with E-state index < -0.39 is 11.7 Å². The second-order valence-electron chi connectivity index (χ2n) is 6.22. The maximum atomic E-state index is 13.4. The van der Waals surface area contributed by atoms with Crippen LogP contribution in [0.1, 0.15) is 12.0 Å². The summed E-state index contributed by atoms with van der Waals surface area (Å²) in [5.74, 6) is -0.480. The average Bonchev–Trinajstić information content (AvgIpc) is 3.25. The Balaban J connectivity index is 1.39. The predicted octanol–water partition coefficient (Wildman–Crippen LogP) is 2.22. The number of nitrogens with zero attached hydrogens (tertiary/aromatic N) is 1. The minimum Gasteiger partial charge on any atom is -0.454 e. The van der Waals surface area contributed by atoms with Crippen LogP contribution in [0.25, 0.3) is 0 Å². The zero-order valence-electron chi connectivity index (χ0n) is 13.9. The van der Waals surface area contributed by atoms with Crippen LogP contribution in [0.3, 0.4) is 0 Å². The van der Waals surface area contributed by atoms with Gasteiger partial charge in [0, 0.05) is 18.8 Å². The number of anilines is 1. The molecule has 1 saturated heterocycles. The van der Waals surface area contributed by atoms with Gasteiger partial charge < -0.3 is 19.7 Å². The summed E-state index contributed by atoms with van der Waals surface area (Å²) in [6.07, 6.45) is 0.405. The molecule has 2 heterocycles. The summed E-state index contributed by atoms with van der Waals surface area (Å²) in [5.41, 5.74) is 1.33. The van der Waals surface area contributed by atoms with E-state index in [9.17, 15) is 14.0 Å². The summed E-state index contributed by atoms with van der Waals surface area (Å²) < 4.78 is 23.9. The normalized spacial score (nSPS) is 18.3. The third-order valence-electron chi connectivity index (χ3n) is 4.55. The zero-order valence-corrected chi connectivity index (χ0v) is 13.9. The third-order valence-corrected chi connectivity index (χ3v) is 4.55. The molecule has 0 spiro atoms. The number of hydrogen-bond acceptors (Lipinski definition) is 4. The fourth-order valence-electron chi connectivity index (χ4n) is 3.19. The van der Waals surface area contributed by atoms with Gasteiger partial charge in [0.05, 0.1) is 0 Å². The van der Waals surface area contributed by atoms with Gasteiger partial charge in [0.1, 0.15) is 11.7 Å². The molecule has 2 aliphatic heterocycles. The van der Waals surface area contributed by atoms with Crippen LogP contribution in [0, 0.1) is 11.7 Å². The van der Waals surface area contributed by atoms with Gasteiger partial charge in [0.2, 0.25) is 18.6 Å². The van der Waals surface area contributed by atoms with E-state index in [1.807, 2.05) is 6.07 Å². The monoisotopic (exact) mass is 356 g/mol. The largest absolute Gasteiger partial charge is 0.454 e. The van der Waals surface area contributed by atoms with Crippen molar-refractivity contribution in [2.24, 2.45) is 5.92 Å². The Morgan fingerprint density at radius 1 is 1.19 bits per heavy atom. The Hall–Kier alpha value is -3.09. The maximum absolute atomic E-state index is 13.4.